The molecule has 15 heavy (non-hydrogen) atoms. The van der Waals surface area contributed by atoms with E-state index >= 15 is 0 Å². The van der Waals surface area contributed by atoms with Gasteiger partial charge in [-0.2, -0.15) is 0 Å². The molecule has 1 aliphatic rings. The predicted molar refractivity (Wildman–Crippen MR) is 61.8 cm³/mol. The zero-order chi connectivity index (χ0) is 11.3. The van der Waals surface area contributed by atoms with Gasteiger partial charge in [-0.05, 0) is 37.2 Å². The molecule has 0 aromatic carbocycles. The normalized spacial score (nSPS) is 20.2. The lowest BCUT2D eigenvalue weighted by Gasteiger charge is -2.28. The Balaban J connectivity index is 2.37. The highest BCUT2D eigenvalue weighted by Gasteiger charge is 2.26. The van der Waals surface area contributed by atoms with Crippen molar-refractivity contribution in [3.05, 3.63) is 11.6 Å². The average molecular weight is 210 g/mol. The fraction of sp³-hybridized carbons (Fsp3) is 0.769. The Hall–Kier alpha value is -0.630. The molecule has 0 fully saturated rings. The van der Waals surface area contributed by atoms with Gasteiger partial charge in [-0.1, -0.05) is 19.4 Å². The quantitative estimate of drug-likeness (QED) is 0.652. The molecule has 0 spiro atoms. The van der Waals surface area contributed by atoms with Crippen LogP contribution in [-0.2, 0) is 9.53 Å². The van der Waals surface area contributed by atoms with Gasteiger partial charge in [-0.25, -0.2) is 0 Å². The summed E-state index contributed by atoms with van der Waals surface area (Å²) >= 11 is 0. The number of methoxy groups -OCH3 is 1. The van der Waals surface area contributed by atoms with E-state index in [1.807, 2.05) is 6.08 Å². The molecule has 0 radical (unpaired) electrons. The number of ketones is 1. The Bertz CT molecular complexity index is 251. The van der Waals surface area contributed by atoms with Crippen molar-refractivity contribution in [3.8, 4) is 0 Å². The van der Waals surface area contributed by atoms with Crippen LogP contribution in [0.15, 0.2) is 11.6 Å². The SMILES string of the molecule is COCCCCC1=CC(=O)CC(C)(C)C1. The zero-order valence-electron chi connectivity index (χ0n) is 10.1. The van der Waals surface area contributed by atoms with Gasteiger partial charge < -0.3 is 4.74 Å². The first-order valence-corrected chi connectivity index (χ1v) is 5.75. The van der Waals surface area contributed by atoms with Crippen LogP contribution in [0.1, 0.15) is 46.0 Å². The second-order valence-electron chi connectivity index (χ2n) is 5.24. The lowest BCUT2D eigenvalue weighted by atomic mass is 9.76. The molecule has 0 heterocycles. The summed E-state index contributed by atoms with van der Waals surface area (Å²) in [5, 5.41) is 0. The number of ether oxygens (including phenoxy) is 1. The van der Waals surface area contributed by atoms with Crippen LogP contribution in [0.3, 0.4) is 0 Å². The first kappa shape index (κ1) is 12.4. The zero-order valence-corrected chi connectivity index (χ0v) is 10.1. The molecule has 0 atom stereocenters. The molecule has 0 aliphatic heterocycles. The van der Waals surface area contributed by atoms with E-state index in [-0.39, 0.29) is 5.41 Å². The molecule has 86 valence electrons. The van der Waals surface area contributed by atoms with Crippen molar-refractivity contribution in [2.45, 2.75) is 46.0 Å². The van der Waals surface area contributed by atoms with Gasteiger partial charge in [0, 0.05) is 20.1 Å². The Morgan fingerprint density at radius 1 is 1.33 bits per heavy atom. The lowest BCUT2D eigenvalue weighted by molar-refractivity contribution is -0.117. The van der Waals surface area contributed by atoms with Crippen LogP contribution in [-0.4, -0.2) is 19.5 Å². The molecule has 0 N–H and O–H groups in total. The maximum atomic E-state index is 11.5. The second-order valence-corrected chi connectivity index (χ2v) is 5.24. The van der Waals surface area contributed by atoms with Gasteiger partial charge in [0.25, 0.3) is 0 Å². The van der Waals surface area contributed by atoms with Gasteiger partial charge in [0.1, 0.15) is 0 Å². The summed E-state index contributed by atoms with van der Waals surface area (Å²) in [5.74, 6) is 0.299. The van der Waals surface area contributed by atoms with E-state index in [1.165, 1.54) is 5.57 Å². The van der Waals surface area contributed by atoms with Crippen LogP contribution < -0.4 is 0 Å². The van der Waals surface area contributed by atoms with Crippen molar-refractivity contribution in [1.29, 1.82) is 0 Å². The van der Waals surface area contributed by atoms with Crippen LogP contribution in [0.25, 0.3) is 0 Å². The minimum atomic E-state index is 0.169. The highest BCUT2D eigenvalue weighted by molar-refractivity contribution is 5.91. The Morgan fingerprint density at radius 3 is 2.67 bits per heavy atom. The summed E-state index contributed by atoms with van der Waals surface area (Å²) in [5.41, 5.74) is 1.50. The van der Waals surface area contributed by atoms with Gasteiger partial charge in [0.2, 0.25) is 0 Å². The minimum absolute atomic E-state index is 0.169. The lowest BCUT2D eigenvalue weighted by Crippen LogP contribution is -2.21. The van der Waals surface area contributed by atoms with Crippen molar-refractivity contribution < 1.29 is 9.53 Å². The number of allylic oxidation sites excluding steroid dienone is 2. The van der Waals surface area contributed by atoms with Crippen LogP contribution >= 0.6 is 0 Å². The van der Waals surface area contributed by atoms with Gasteiger partial charge in [-0.15, -0.1) is 0 Å². The molecule has 0 aromatic rings. The summed E-state index contributed by atoms with van der Waals surface area (Å²) < 4.78 is 5.01. The van der Waals surface area contributed by atoms with Crippen molar-refractivity contribution in [2.75, 3.05) is 13.7 Å². The third kappa shape index (κ3) is 4.61. The van der Waals surface area contributed by atoms with Gasteiger partial charge in [-0.3, -0.25) is 4.79 Å². The third-order valence-corrected chi connectivity index (χ3v) is 2.82. The number of rotatable bonds is 5. The molecular weight excluding hydrogens is 188 g/mol. The molecule has 0 amide bonds. The molecule has 0 bridgehead atoms. The van der Waals surface area contributed by atoms with E-state index in [1.54, 1.807) is 7.11 Å². The number of hydrogen-bond donors (Lipinski definition) is 0. The van der Waals surface area contributed by atoms with Crippen molar-refractivity contribution in [2.24, 2.45) is 5.41 Å². The van der Waals surface area contributed by atoms with Crippen LogP contribution in [0, 0.1) is 5.41 Å². The van der Waals surface area contributed by atoms with E-state index in [0.717, 1.165) is 32.3 Å². The summed E-state index contributed by atoms with van der Waals surface area (Å²) in [4.78, 5) is 11.5. The molecule has 0 saturated heterocycles. The first-order chi connectivity index (χ1) is 7.03. The number of carbonyl (C=O) groups excluding carboxylic acids is 1. The fourth-order valence-electron chi connectivity index (χ4n) is 2.24. The smallest absolute Gasteiger partial charge is 0.156 e. The highest BCUT2D eigenvalue weighted by atomic mass is 16.5. The van der Waals surface area contributed by atoms with Crippen molar-refractivity contribution in [1.82, 2.24) is 0 Å². The minimum Gasteiger partial charge on any atom is -0.385 e. The summed E-state index contributed by atoms with van der Waals surface area (Å²) in [6.45, 7) is 5.17. The largest absolute Gasteiger partial charge is 0.385 e. The van der Waals surface area contributed by atoms with E-state index in [4.69, 9.17) is 4.74 Å². The van der Waals surface area contributed by atoms with Crippen LogP contribution in [0.5, 0.6) is 0 Å². The molecule has 0 saturated carbocycles. The molecule has 2 heteroatoms. The summed E-state index contributed by atoms with van der Waals surface area (Å²) in [7, 11) is 1.73. The van der Waals surface area contributed by atoms with E-state index in [9.17, 15) is 4.79 Å². The van der Waals surface area contributed by atoms with Crippen LogP contribution in [0.4, 0.5) is 0 Å². The maximum absolute atomic E-state index is 11.5. The highest BCUT2D eigenvalue weighted by Crippen LogP contribution is 2.35. The standard InChI is InChI=1S/C13H22O2/c1-13(2)9-11(8-12(14)10-13)6-4-5-7-15-3/h8H,4-7,9-10H2,1-3H3. The van der Waals surface area contributed by atoms with Crippen LogP contribution in [0.2, 0.25) is 0 Å². The molecule has 1 aliphatic carbocycles. The second kappa shape index (κ2) is 5.45. The number of carbonyl (C=O) groups is 1. The summed E-state index contributed by atoms with van der Waals surface area (Å²) in [6.07, 6.45) is 6.91. The Labute approximate surface area is 92.7 Å². The number of unbranched alkanes of at least 4 members (excludes halogenated alkanes) is 1. The van der Waals surface area contributed by atoms with Gasteiger partial charge >= 0.3 is 0 Å². The van der Waals surface area contributed by atoms with Crippen molar-refractivity contribution in [3.63, 3.8) is 0 Å². The average Bonchev–Trinajstić information content (AvgIpc) is 2.09. The fourth-order valence-corrected chi connectivity index (χ4v) is 2.24. The number of hydrogen-bond acceptors (Lipinski definition) is 2. The Morgan fingerprint density at radius 2 is 2.07 bits per heavy atom. The van der Waals surface area contributed by atoms with Gasteiger partial charge in [0.15, 0.2) is 5.78 Å². The monoisotopic (exact) mass is 210 g/mol. The summed E-state index contributed by atoms with van der Waals surface area (Å²) in [6, 6.07) is 0. The third-order valence-electron chi connectivity index (χ3n) is 2.82. The van der Waals surface area contributed by atoms with E-state index in [0.29, 0.717) is 12.2 Å². The molecule has 0 aromatic heterocycles. The topological polar surface area (TPSA) is 26.3 Å². The molecular formula is C13H22O2. The molecule has 1 rings (SSSR count). The van der Waals surface area contributed by atoms with Gasteiger partial charge in [0.05, 0.1) is 0 Å². The maximum Gasteiger partial charge on any atom is 0.156 e. The van der Waals surface area contributed by atoms with E-state index in [2.05, 4.69) is 13.8 Å². The first-order valence-electron chi connectivity index (χ1n) is 5.75. The predicted octanol–water partition coefficient (Wildman–Crippen LogP) is 3.12. The molecule has 2 nitrogen and oxygen atoms in total. The van der Waals surface area contributed by atoms with Crippen molar-refractivity contribution >= 4 is 5.78 Å². The Kier molecular flexibility index (Phi) is 4.52. The molecule has 0 unspecified atom stereocenters. The van der Waals surface area contributed by atoms with E-state index < -0.39 is 0 Å².